The van der Waals surface area contributed by atoms with Gasteiger partial charge in [-0.1, -0.05) is 91.0 Å². The van der Waals surface area contributed by atoms with Crippen LogP contribution in [0.5, 0.6) is 0 Å². The third-order valence-electron chi connectivity index (χ3n) is 7.66. The fraction of sp³-hybridized carbons (Fsp3) is 0. The Labute approximate surface area is 231 Å². The predicted molar refractivity (Wildman–Crippen MR) is 167 cm³/mol. The van der Waals surface area contributed by atoms with Crippen molar-refractivity contribution in [1.82, 2.24) is 4.98 Å². The first kappa shape index (κ1) is 22.6. The standard InChI is InChI=1S/C37H24N2O/c1-2-8-25(9-3-1)27-14-18-30(19-15-27)39(31-20-16-26-10-4-5-11-28(26)22-31)32-23-29-17-21-35-36(37(29)38-24-32)33-12-6-7-13-34(33)40-35/h1-24H. The molecule has 0 saturated heterocycles. The molecule has 2 aromatic heterocycles. The second-order valence-electron chi connectivity index (χ2n) is 10.1. The van der Waals surface area contributed by atoms with Crippen molar-refractivity contribution in [2.24, 2.45) is 0 Å². The molecule has 0 atom stereocenters. The number of fused-ring (bicyclic) bond motifs is 6. The zero-order valence-electron chi connectivity index (χ0n) is 21.7. The number of benzene rings is 6. The van der Waals surface area contributed by atoms with Crippen molar-refractivity contribution in [3.63, 3.8) is 0 Å². The molecule has 0 saturated carbocycles. The van der Waals surface area contributed by atoms with Crippen LogP contribution in [0.15, 0.2) is 150 Å². The third-order valence-corrected chi connectivity index (χ3v) is 7.66. The number of rotatable bonds is 4. The van der Waals surface area contributed by atoms with E-state index in [2.05, 4.69) is 120 Å². The van der Waals surface area contributed by atoms with Crippen LogP contribution in [0.4, 0.5) is 17.1 Å². The van der Waals surface area contributed by atoms with Crippen molar-refractivity contribution in [3.05, 3.63) is 146 Å². The Balaban J connectivity index is 1.31. The molecule has 0 unspecified atom stereocenters. The van der Waals surface area contributed by atoms with E-state index in [1.165, 1.54) is 21.9 Å². The number of anilines is 3. The first-order chi connectivity index (χ1) is 19.8. The van der Waals surface area contributed by atoms with Crippen molar-refractivity contribution in [2.45, 2.75) is 0 Å². The van der Waals surface area contributed by atoms with Crippen LogP contribution >= 0.6 is 0 Å². The van der Waals surface area contributed by atoms with Crippen LogP contribution in [0.3, 0.4) is 0 Å². The molecule has 188 valence electrons. The predicted octanol–water partition coefficient (Wildman–Crippen LogP) is 10.4. The molecule has 0 aliphatic carbocycles. The minimum absolute atomic E-state index is 0.858. The van der Waals surface area contributed by atoms with Gasteiger partial charge in [0.1, 0.15) is 11.2 Å². The molecule has 0 spiro atoms. The Hall–Kier alpha value is -5.41. The number of pyridine rings is 1. The number of para-hydroxylation sites is 1. The quantitative estimate of drug-likeness (QED) is 0.235. The molecule has 3 heteroatoms. The van der Waals surface area contributed by atoms with Crippen LogP contribution in [0.2, 0.25) is 0 Å². The SMILES string of the molecule is c1ccc(-c2ccc(N(c3ccc4ccccc4c3)c3cnc4c(ccc5oc6ccccc6c54)c3)cc2)cc1. The highest BCUT2D eigenvalue weighted by Crippen LogP contribution is 2.40. The molecule has 2 heterocycles. The van der Waals surface area contributed by atoms with Gasteiger partial charge in [-0.3, -0.25) is 4.98 Å². The van der Waals surface area contributed by atoms with E-state index in [-0.39, 0.29) is 0 Å². The van der Waals surface area contributed by atoms with Gasteiger partial charge >= 0.3 is 0 Å². The molecular formula is C37H24N2O. The summed E-state index contributed by atoms with van der Waals surface area (Å²) >= 11 is 0. The molecule has 0 aliphatic rings. The van der Waals surface area contributed by atoms with Crippen LogP contribution in [0, 0.1) is 0 Å². The molecule has 3 nitrogen and oxygen atoms in total. The summed E-state index contributed by atoms with van der Waals surface area (Å²) in [5.74, 6) is 0. The van der Waals surface area contributed by atoms with Crippen molar-refractivity contribution < 1.29 is 4.42 Å². The van der Waals surface area contributed by atoms with E-state index in [9.17, 15) is 0 Å². The van der Waals surface area contributed by atoms with Crippen molar-refractivity contribution in [2.75, 3.05) is 4.90 Å². The highest BCUT2D eigenvalue weighted by molar-refractivity contribution is 6.17. The molecular weight excluding hydrogens is 488 g/mol. The Morgan fingerprint density at radius 1 is 0.475 bits per heavy atom. The van der Waals surface area contributed by atoms with E-state index in [4.69, 9.17) is 9.40 Å². The molecule has 0 aliphatic heterocycles. The maximum absolute atomic E-state index is 6.12. The summed E-state index contributed by atoms with van der Waals surface area (Å²) in [5, 5.41) is 5.64. The smallest absolute Gasteiger partial charge is 0.137 e. The lowest BCUT2D eigenvalue weighted by atomic mass is 10.0. The average Bonchev–Trinajstić information content (AvgIpc) is 3.41. The lowest BCUT2D eigenvalue weighted by Crippen LogP contribution is -2.10. The van der Waals surface area contributed by atoms with Gasteiger partial charge in [-0.05, 0) is 70.4 Å². The molecule has 0 radical (unpaired) electrons. The van der Waals surface area contributed by atoms with Gasteiger partial charge in [-0.15, -0.1) is 0 Å². The second kappa shape index (κ2) is 9.11. The molecule has 6 aromatic carbocycles. The van der Waals surface area contributed by atoms with Gasteiger partial charge in [0.05, 0.1) is 22.8 Å². The molecule has 0 bridgehead atoms. The highest BCUT2D eigenvalue weighted by Gasteiger charge is 2.17. The maximum Gasteiger partial charge on any atom is 0.137 e. The normalized spacial score (nSPS) is 11.5. The average molecular weight is 513 g/mol. The summed E-state index contributed by atoms with van der Waals surface area (Å²) in [4.78, 5) is 7.31. The second-order valence-corrected chi connectivity index (χ2v) is 10.1. The lowest BCUT2D eigenvalue weighted by molar-refractivity contribution is 0.669. The summed E-state index contributed by atoms with van der Waals surface area (Å²) in [5.41, 5.74) is 8.24. The van der Waals surface area contributed by atoms with Gasteiger partial charge in [-0.2, -0.15) is 0 Å². The lowest BCUT2D eigenvalue weighted by Gasteiger charge is -2.26. The summed E-state index contributed by atoms with van der Waals surface area (Å²) in [6.45, 7) is 0. The minimum atomic E-state index is 0.858. The Morgan fingerprint density at radius 2 is 1.15 bits per heavy atom. The number of hydrogen-bond donors (Lipinski definition) is 0. The van der Waals surface area contributed by atoms with Gasteiger partial charge in [0, 0.05) is 22.1 Å². The van der Waals surface area contributed by atoms with Crippen molar-refractivity contribution in [3.8, 4) is 11.1 Å². The summed E-state index contributed by atoms with van der Waals surface area (Å²) in [7, 11) is 0. The van der Waals surface area contributed by atoms with E-state index >= 15 is 0 Å². The van der Waals surface area contributed by atoms with Gasteiger partial charge in [0.2, 0.25) is 0 Å². The molecule has 0 amide bonds. The fourth-order valence-corrected chi connectivity index (χ4v) is 5.72. The van der Waals surface area contributed by atoms with Crippen molar-refractivity contribution in [1.29, 1.82) is 0 Å². The monoisotopic (exact) mass is 512 g/mol. The van der Waals surface area contributed by atoms with Crippen LogP contribution < -0.4 is 4.90 Å². The fourth-order valence-electron chi connectivity index (χ4n) is 5.72. The molecule has 8 rings (SSSR count). The highest BCUT2D eigenvalue weighted by atomic mass is 16.3. The van der Waals surface area contributed by atoms with Crippen molar-refractivity contribution >= 4 is 60.7 Å². The molecule has 0 fully saturated rings. The van der Waals surface area contributed by atoms with Crippen LogP contribution in [-0.2, 0) is 0 Å². The minimum Gasteiger partial charge on any atom is -0.456 e. The first-order valence-corrected chi connectivity index (χ1v) is 13.5. The van der Waals surface area contributed by atoms with Gasteiger partial charge in [-0.25, -0.2) is 0 Å². The van der Waals surface area contributed by atoms with Gasteiger partial charge in [0.25, 0.3) is 0 Å². The number of hydrogen-bond acceptors (Lipinski definition) is 3. The maximum atomic E-state index is 6.12. The van der Waals surface area contributed by atoms with Crippen LogP contribution in [-0.4, -0.2) is 4.98 Å². The van der Waals surface area contributed by atoms with Gasteiger partial charge in [0.15, 0.2) is 0 Å². The Morgan fingerprint density at radius 3 is 2.02 bits per heavy atom. The largest absolute Gasteiger partial charge is 0.456 e. The van der Waals surface area contributed by atoms with E-state index in [1.807, 2.05) is 30.5 Å². The topological polar surface area (TPSA) is 29.3 Å². The third kappa shape index (κ3) is 3.71. The van der Waals surface area contributed by atoms with E-state index < -0.39 is 0 Å². The number of nitrogens with zero attached hydrogens (tertiary/aromatic N) is 2. The summed E-state index contributed by atoms with van der Waals surface area (Å²) in [6, 6.07) is 48.9. The molecule has 0 N–H and O–H groups in total. The Bertz CT molecular complexity index is 2160. The number of aromatic nitrogens is 1. The zero-order chi connectivity index (χ0) is 26.5. The molecule has 40 heavy (non-hydrogen) atoms. The van der Waals surface area contributed by atoms with Gasteiger partial charge < -0.3 is 9.32 Å². The van der Waals surface area contributed by atoms with Crippen LogP contribution in [0.1, 0.15) is 0 Å². The summed E-state index contributed by atoms with van der Waals surface area (Å²) in [6.07, 6.45) is 1.98. The first-order valence-electron chi connectivity index (χ1n) is 13.5. The summed E-state index contributed by atoms with van der Waals surface area (Å²) < 4.78 is 6.12. The molecule has 8 aromatic rings. The Kier molecular flexibility index (Phi) is 5.14. The number of furan rings is 1. The van der Waals surface area contributed by atoms with E-state index in [0.29, 0.717) is 0 Å². The van der Waals surface area contributed by atoms with Crippen LogP contribution in [0.25, 0.3) is 54.7 Å². The van der Waals surface area contributed by atoms with E-state index in [0.717, 1.165) is 49.9 Å². The van der Waals surface area contributed by atoms with E-state index in [1.54, 1.807) is 0 Å². The zero-order valence-corrected chi connectivity index (χ0v) is 21.7.